The van der Waals surface area contributed by atoms with Crippen LogP contribution in [0.5, 0.6) is 5.75 Å². The van der Waals surface area contributed by atoms with Crippen LogP contribution in [-0.2, 0) is 22.6 Å². The van der Waals surface area contributed by atoms with Gasteiger partial charge in [-0.1, -0.05) is 12.1 Å². The molecule has 0 unspecified atom stereocenters. The predicted molar refractivity (Wildman–Crippen MR) is 114 cm³/mol. The van der Waals surface area contributed by atoms with E-state index < -0.39 is 0 Å². The van der Waals surface area contributed by atoms with Gasteiger partial charge < -0.3 is 19.9 Å². The second-order valence-electron chi connectivity index (χ2n) is 6.87. The molecule has 0 aliphatic carbocycles. The van der Waals surface area contributed by atoms with Crippen molar-refractivity contribution in [2.24, 2.45) is 0 Å². The molecule has 0 atom stereocenters. The normalized spacial score (nSPS) is 13.7. The van der Waals surface area contributed by atoms with Crippen LogP contribution in [-0.4, -0.2) is 65.9 Å². The third kappa shape index (κ3) is 5.93. The molecule has 1 aromatic carbocycles. The lowest BCUT2D eigenvalue weighted by molar-refractivity contribution is -0.130. The standard InChI is InChI=1S/C20H25N5O4S/c1-14(26)24-6-8-25(9-7-24)20(28)23-19-22-16(13-30-19)11-18(27)21-12-15-4-3-5-17(10-15)29-2/h3-5,10,13H,6-9,11-12H2,1-2H3,(H,21,27)(H,22,23,28). The van der Waals surface area contributed by atoms with E-state index in [1.165, 1.54) is 18.3 Å². The maximum atomic E-state index is 12.4. The summed E-state index contributed by atoms with van der Waals surface area (Å²) in [7, 11) is 1.60. The summed E-state index contributed by atoms with van der Waals surface area (Å²) in [5, 5.41) is 7.83. The third-order valence-electron chi connectivity index (χ3n) is 4.74. The van der Waals surface area contributed by atoms with E-state index in [1.54, 1.807) is 22.3 Å². The lowest BCUT2D eigenvalue weighted by Crippen LogP contribution is -2.51. The SMILES string of the molecule is COc1cccc(CNC(=O)Cc2csc(NC(=O)N3CCN(C(C)=O)CC3)n2)c1. The zero-order valence-corrected chi connectivity index (χ0v) is 17.8. The topological polar surface area (TPSA) is 104 Å². The molecule has 2 aromatic rings. The summed E-state index contributed by atoms with van der Waals surface area (Å²) >= 11 is 1.28. The van der Waals surface area contributed by atoms with Crippen LogP contribution in [0.2, 0.25) is 0 Å². The average molecular weight is 432 g/mol. The second-order valence-corrected chi connectivity index (χ2v) is 7.73. The van der Waals surface area contributed by atoms with Crippen LogP contribution in [0, 0.1) is 0 Å². The van der Waals surface area contributed by atoms with Crippen LogP contribution in [0.4, 0.5) is 9.93 Å². The summed E-state index contributed by atoms with van der Waals surface area (Å²) in [6.45, 7) is 3.95. The zero-order chi connectivity index (χ0) is 21.5. The van der Waals surface area contributed by atoms with Gasteiger partial charge in [0.05, 0.1) is 19.2 Å². The maximum Gasteiger partial charge on any atom is 0.323 e. The highest BCUT2D eigenvalue weighted by molar-refractivity contribution is 7.13. The molecule has 0 saturated carbocycles. The van der Waals surface area contributed by atoms with E-state index in [9.17, 15) is 14.4 Å². The molecule has 0 spiro atoms. The number of carbonyl (C=O) groups excluding carboxylic acids is 3. The molecule has 2 heterocycles. The number of hydrogen-bond acceptors (Lipinski definition) is 6. The summed E-state index contributed by atoms with van der Waals surface area (Å²) in [5.41, 5.74) is 1.54. The molecule has 1 saturated heterocycles. The Morgan fingerprint density at radius 1 is 1.17 bits per heavy atom. The van der Waals surface area contributed by atoms with Crippen LogP contribution in [0.3, 0.4) is 0 Å². The molecule has 1 aliphatic rings. The minimum Gasteiger partial charge on any atom is -0.497 e. The first-order valence-corrected chi connectivity index (χ1v) is 10.5. The van der Waals surface area contributed by atoms with E-state index in [4.69, 9.17) is 4.74 Å². The zero-order valence-electron chi connectivity index (χ0n) is 17.0. The number of carbonyl (C=O) groups is 3. The highest BCUT2D eigenvalue weighted by Crippen LogP contribution is 2.17. The molecule has 160 valence electrons. The first kappa shape index (κ1) is 21.6. The molecule has 3 rings (SSSR count). The van der Waals surface area contributed by atoms with Gasteiger partial charge in [-0.25, -0.2) is 9.78 Å². The maximum absolute atomic E-state index is 12.4. The Morgan fingerprint density at radius 2 is 1.90 bits per heavy atom. The first-order valence-electron chi connectivity index (χ1n) is 9.60. The molecule has 0 bridgehead atoms. The minimum atomic E-state index is -0.249. The van der Waals surface area contributed by atoms with Gasteiger partial charge in [-0.3, -0.25) is 14.9 Å². The Kier molecular flexibility index (Phi) is 7.23. The molecule has 1 aliphatic heterocycles. The van der Waals surface area contributed by atoms with E-state index in [0.717, 1.165) is 11.3 Å². The Bertz CT molecular complexity index is 908. The second kappa shape index (κ2) is 10.1. The number of ether oxygens (including phenoxy) is 1. The number of thiazole rings is 1. The Morgan fingerprint density at radius 3 is 2.60 bits per heavy atom. The molecular formula is C20H25N5O4S. The van der Waals surface area contributed by atoms with Gasteiger partial charge in [0.2, 0.25) is 11.8 Å². The van der Waals surface area contributed by atoms with E-state index in [1.807, 2.05) is 24.3 Å². The predicted octanol–water partition coefficient (Wildman–Crippen LogP) is 1.71. The number of urea groups is 1. The Labute approximate surface area is 179 Å². The average Bonchev–Trinajstić information content (AvgIpc) is 3.19. The fraction of sp³-hybridized carbons (Fsp3) is 0.400. The number of anilines is 1. The summed E-state index contributed by atoms with van der Waals surface area (Å²) in [5.74, 6) is 0.606. The number of amides is 4. The molecule has 1 fully saturated rings. The number of hydrogen-bond donors (Lipinski definition) is 2. The monoisotopic (exact) mass is 431 g/mol. The van der Waals surface area contributed by atoms with Crippen LogP contribution in [0.1, 0.15) is 18.2 Å². The Balaban J connectivity index is 1.44. The number of piperazine rings is 1. The van der Waals surface area contributed by atoms with Gasteiger partial charge in [-0.2, -0.15) is 0 Å². The molecule has 4 amide bonds. The number of rotatable bonds is 6. The van der Waals surface area contributed by atoms with Gasteiger partial charge in [0.15, 0.2) is 5.13 Å². The van der Waals surface area contributed by atoms with E-state index in [2.05, 4.69) is 15.6 Å². The smallest absolute Gasteiger partial charge is 0.323 e. The largest absolute Gasteiger partial charge is 0.497 e. The van der Waals surface area contributed by atoms with Crippen LogP contribution >= 0.6 is 11.3 Å². The van der Waals surface area contributed by atoms with Crippen LogP contribution in [0.25, 0.3) is 0 Å². The first-order chi connectivity index (χ1) is 14.4. The van der Waals surface area contributed by atoms with Crippen molar-refractivity contribution in [1.29, 1.82) is 0 Å². The molecule has 9 nitrogen and oxygen atoms in total. The molecule has 2 N–H and O–H groups in total. The fourth-order valence-corrected chi connectivity index (χ4v) is 3.75. The minimum absolute atomic E-state index is 0.0179. The molecule has 30 heavy (non-hydrogen) atoms. The van der Waals surface area contributed by atoms with Gasteiger partial charge in [-0.15, -0.1) is 11.3 Å². The van der Waals surface area contributed by atoms with E-state index >= 15 is 0 Å². The van der Waals surface area contributed by atoms with Crippen molar-refractivity contribution in [2.45, 2.75) is 19.9 Å². The number of aromatic nitrogens is 1. The lowest BCUT2D eigenvalue weighted by Gasteiger charge is -2.33. The van der Waals surface area contributed by atoms with E-state index in [-0.39, 0.29) is 24.3 Å². The number of nitrogens with one attached hydrogen (secondary N) is 2. The molecular weight excluding hydrogens is 406 g/mol. The van der Waals surface area contributed by atoms with Crippen molar-refractivity contribution in [1.82, 2.24) is 20.1 Å². The van der Waals surface area contributed by atoms with Crippen molar-refractivity contribution in [3.05, 3.63) is 40.9 Å². The highest BCUT2D eigenvalue weighted by Gasteiger charge is 2.23. The highest BCUT2D eigenvalue weighted by atomic mass is 32.1. The van der Waals surface area contributed by atoms with Gasteiger partial charge in [0, 0.05) is 45.0 Å². The Hall–Kier alpha value is -3.14. The quantitative estimate of drug-likeness (QED) is 0.725. The molecule has 10 heteroatoms. The van der Waals surface area contributed by atoms with Crippen molar-refractivity contribution in [2.75, 3.05) is 38.6 Å². The number of methoxy groups -OCH3 is 1. The number of nitrogens with zero attached hydrogens (tertiary/aromatic N) is 3. The van der Waals surface area contributed by atoms with Gasteiger partial charge in [-0.05, 0) is 17.7 Å². The van der Waals surface area contributed by atoms with Gasteiger partial charge in [0.1, 0.15) is 5.75 Å². The third-order valence-corrected chi connectivity index (χ3v) is 5.55. The van der Waals surface area contributed by atoms with E-state index in [0.29, 0.717) is 43.5 Å². The summed E-state index contributed by atoms with van der Waals surface area (Å²) in [6, 6.07) is 7.25. The summed E-state index contributed by atoms with van der Waals surface area (Å²) < 4.78 is 5.17. The van der Waals surface area contributed by atoms with Crippen molar-refractivity contribution < 1.29 is 19.1 Å². The summed E-state index contributed by atoms with van der Waals surface area (Å²) in [6.07, 6.45) is 0.133. The van der Waals surface area contributed by atoms with Crippen molar-refractivity contribution in [3.63, 3.8) is 0 Å². The summed E-state index contributed by atoms with van der Waals surface area (Å²) in [4.78, 5) is 43.6. The molecule has 1 aromatic heterocycles. The molecule has 0 radical (unpaired) electrons. The fourth-order valence-electron chi connectivity index (χ4n) is 3.05. The van der Waals surface area contributed by atoms with Gasteiger partial charge in [0.25, 0.3) is 0 Å². The van der Waals surface area contributed by atoms with Crippen molar-refractivity contribution in [3.8, 4) is 5.75 Å². The van der Waals surface area contributed by atoms with Gasteiger partial charge >= 0.3 is 6.03 Å². The van der Waals surface area contributed by atoms with Crippen molar-refractivity contribution >= 4 is 34.3 Å². The van der Waals surface area contributed by atoms with Crippen LogP contribution < -0.4 is 15.4 Å². The number of benzene rings is 1. The lowest BCUT2D eigenvalue weighted by atomic mass is 10.2. The van der Waals surface area contributed by atoms with Crippen LogP contribution in [0.15, 0.2) is 29.6 Å².